The number of carbonyl (C=O) groups excluding carboxylic acids is 1. The van der Waals surface area contributed by atoms with Crippen molar-refractivity contribution in [3.05, 3.63) is 57.8 Å². The molecule has 0 saturated carbocycles. The average molecular weight is 385 g/mol. The SMILES string of the molecule is C[C@@H](Oc1cc2oc(=O)n(CCC(=O)[O-])c2cc1Cl)c1ccccn1.[Na+]. The van der Waals surface area contributed by atoms with Gasteiger partial charge in [0.25, 0.3) is 0 Å². The number of fused-ring (bicyclic) bond motifs is 1. The molecule has 26 heavy (non-hydrogen) atoms. The van der Waals surface area contributed by atoms with E-state index in [1.165, 1.54) is 16.7 Å². The number of carboxylic acid groups (broad SMARTS) is 1. The van der Waals surface area contributed by atoms with Gasteiger partial charge in [0.15, 0.2) is 5.58 Å². The zero-order valence-electron chi connectivity index (χ0n) is 14.3. The van der Waals surface area contributed by atoms with Crippen LogP contribution in [0, 0.1) is 0 Å². The fourth-order valence-electron chi connectivity index (χ4n) is 2.44. The molecule has 9 heteroatoms. The van der Waals surface area contributed by atoms with Gasteiger partial charge in [-0.15, -0.1) is 0 Å². The van der Waals surface area contributed by atoms with Crippen LogP contribution in [0.3, 0.4) is 0 Å². The summed E-state index contributed by atoms with van der Waals surface area (Å²) in [5, 5.41) is 10.9. The standard InChI is InChI=1S/C17H15ClN2O5.Na/c1-10(12-4-2-3-6-19-12)24-14-9-15-13(8-11(14)18)20(17(23)25-15)7-5-16(21)22;/h2-4,6,8-10H,5,7H2,1H3,(H,21,22);/q;+1/p-1/t10-;/m1./s1. The minimum Gasteiger partial charge on any atom is -0.550 e. The number of aromatic nitrogens is 2. The predicted molar refractivity (Wildman–Crippen MR) is 88.4 cm³/mol. The van der Waals surface area contributed by atoms with Crippen molar-refractivity contribution in [2.24, 2.45) is 0 Å². The summed E-state index contributed by atoms with van der Waals surface area (Å²) in [7, 11) is 0. The first kappa shape index (κ1) is 20.5. The molecule has 0 bridgehead atoms. The van der Waals surface area contributed by atoms with E-state index in [9.17, 15) is 14.7 Å². The second-order valence-corrected chi connectivity index (χ2v) is 5.81. The van der Waals surface area contributed by atoms with Crippen molar-refractivity contribution in [2.45, 2.75) is 26.0 Å². The number of aryl methyl sites for hydroxylation is 1. The molecule has 0 radical (unpaired) electrons. The summed E-state index contributed by atoms with van der Waals surface area (Å²) in [4.78, 5) is 26.7. The van der Waals surface area contributed by atoms with Crippen LogP contribution in [-0.4, -0.2) is 15.5 Å². The fraction of sp³-hybridized carbons (Fsp3) is 0.235. The van der Waals surface area contributed by atoms with Gasteiger partial charge < -0.3 is 19.1 Å². The summed E-state index contributed by atoms with van der Waals surface area (Å²) in [5.74, 6) is -1.58. The van der Waals surface area contributed by atoms with Crippen LogP contribution < -0.4 is 45.2 Å². The van der Waals surface area contributed by atoms with Gasteiger partial charge >= 0.3 is 35.3 Å². The van der Waals surface area contributed by atoms with E-state index in [0.29, 0.717) is 11.3 Å². The largest absolute Gasteiger partial charge is 1.00 e. The van der Waals surface area contributed by atoms with Crippen LogP contribution in [0.5, 0.6) is 5.75 Å². The van der Waals surface area contributed by atoms with E-state index < -0.39 is 11.7 Å². The second-order valence-electron chi connectivity index (χ2n) is 5.41. The van der Waals surface area contributed by atoms with Gasteiger partial charge in [0.05, 0.1) is 16.2 Å². The number of oxazole rings is 1. The van der Waals surface area contributed by atoms with Crippen LogP contribution in [0.25, 0.3) is 11.1 Å². The molecule has 0 spiro atoms. The summed E-state index contributed by atoms with van der Waals surface area (Å²) in [5.41, 5.74) is 1.39. The van der Waals surface area contributed by atoms with E-state index in [1.807, 2.05) is 19.1 Å². The molecule has 0 N–H and O–H groups in total. The van der Waals surface area contributed by atoms with Crippen LogP contribution in [0.15, 0.2) is 45.7 Å². The zero-order valence-corrected chi connectivity index (χ0v) is 17.0. The number of hydrogen-bond donors (Lipinski definition) is 0. The van der Waals surface area contributed by atoms with E-state index >= 15 is 0 Å². The topological polar surface area (TPSA) is 97.4 Å². The summed E-state index contributed by atoms with van der Waals surface area (Å²) < 4.78 is 12.2. The summed E-state index contributed by atoms with van der Waals surface area (Å²) >= 11 is 6.25. The third-order valence-electron chi connectivity index (χ3n) is 3.67. The molecule has 0 aliphatic rings. The van der Waals surface area contributed by atoms with E-state index in [-0.39, 0.29) is 59.2 Å². The number of carbonyl (C=O) groups is 1. The first-order valence-electron chi connectivity index (χ1n) is 7.56. The van der Waals surface area contributed by atoms with Crippen molar-refractivity contribution in [2.75, 3.05) is 0 Å². The molecule has 7 nitrogen and oxygen atoms in total. The minimum atomic E-state index is -1.25. The number of benzene rings is 1. The van der Waals surface area contributed by atoms with Crippen molar-refractivity contribution in [1.29, 1.82) is 0 Å². The number of aliphatic carboxylic acids is 1. The second kappa shape index (κ2) is 8.73. The van der Waals surface area contributed by atoms with Crippen molar-refractivity contribution >= 4 is 28.7 Å². The molecule has 1 aromatic carbocycles. The molecule has 2 heterocycles. The average Bonchev–Trinajstić information content (AvgIpc) is 2.88. The molecule has 3 rings (SSSR count). The van der Waals surface area contributed by atoms with Crippen molar-refractivity contribution in [1.82, 2.24) is 9.55 Å². The molecular weight excluding hydrogens is 371 g/mol. The van der Waals surface area contributed by atoms with Gasteiger partial charge in [0.2, 0.25) is 0 Å². The maximum atomic E-state index is 11.9. The number of pyridine rings is 1. The number of hydrogen-bond acceptors (Lipinski definition) is 6. The summed E-state index contributed by atoms with van der Waals surface area (Å²) in [6.45, 7) is 1.76. The van der Waals surface area contributed by atoms with E-state index in [0.717, 1.165) is 5.69 Å². The third kappa shape index (κ3) is 4.48. The Morgan fingerprint density at radius 1 is 1.42 bits per heavy atom. The molecule has 130 valence electrons. The van der Waals surface area contributed by atoms with Gasteiger partial charge in [-0.25, -0.2) is 4.79 Å². The first-order valence-corrected chi connectivity index (χ1v) is 7.94. The van der Waals surface area contributed by atoms with Crippen LogP contribution >= 0.6 is 11.6 Å². The van der Waals surface area contributed by atoms with Gasteiger partial charge in [-0.05, 0) is 25.1 Å². The molecule has 0 unspecified atom stereocenters. The van der Waals surface area contributed by atoms with E-state index in [2.05, 4.69) is 4.98 Å². The maximum absolute atomic E-state index is 11.9. The molecule has 1 atom stereocenters. The van der Waals surface area contributed by atoms with E-state index in [1.54, 1.807) is 12.3 Å². The van der Waals surface area contributed by atoms with Gasteiger partial charge in [-0.1, -0.05) is 17.7 Å². The Kier molecular flexibility index (Phi) is 6.88. The Hall–Kier alpha value is -1.80. The van der Waals surface area contributed by atoms with Gasteiger partial charge in [-0.3, -0.25) is 9.55 Å². The molecule has 0 aliphatic heterocycles. The number of ether oxygens (including phenoxy) is 1. The van der Waals surface area contributed by atoms with E-state index in [4.69, 9.17) is 20.8 Å². The predicted octanol–water partition coefficient (Wildman–Crippen LogP) is -1.07. The number of rotatable bonds is 6. The van der Waals surface area contributed by atoms with Crippen LogP contribution in [0.1, 0.15) is 25.1 Å². The Morgan fingerprint density at radius 3 is 2.85 bits per heavy atom. The van der Waals surface area contributed by atoms with Gasteiger partial charge in [0, 0.05) is 31.2 Å². The minimum absolute atomic E-state index is 0. The fourth-order valence-corrected chi connectivity index (χ4v) is 2.64. The molecule has 0 aliphatic carbocycles. The Bertz CT molecular complexity index is 970. The van der Waals surface area contributed by atoms with Crippen LogP contribution in [0.2, 0.25) is 5.02 Å². The van der Waals surface area contributed by atoms with Crippen molar-refractivity contribution < 1.29 is 48.6 Å². The maximum Gasteiger partial charge on any atom is 1.00 e. The monoisotopic (exact) mass is 384 g/mol. The summed E-state index contributed by atoms with van der Waals surface area (Å²) in [6, 6.07) is 8.50. The Balaban J connectivity index is 0.00000243. The number of halogens is 1. The van der Waals surface area contributed by atoms with Crippen molar-refractivity contribution in [3.63, 3.8) is 0 Å². The number of nitrogens with zero attached hydrogens (tertiary/aromatic N) is 2. The molecule has 0 saturated heterocycles. The third-order valence-corrected chi connectivity index (χ3v) is 3.96. The number of carboxylic acids is 1. The van der Waals surface area contributed by atoms with Crippen LogP contribution in [0.4, 0.5) is 0 Å². The molecule has 2 aromatic heterocycles. The molecule has 3 aromatic rings. The van der Waals surface area contributed by atoms with Crippen molar-refractivity contribution in [3.8, 4) is 5.75 Å². The van der Waals surface area contributed by atoms with Gasteiger partial charge in [-0.2, -0.15) is 0 Å². The van der Waals surface area contributed by atoms with Crippen LogP contribution in [-0.2, 0) is 11.3 Å². The zero-order chi connectivity index (χ0) is 18.0. The molecule has 0 fully saturated rings. The quantitative estimate of drug-likeness (QED) is 0.502. The Morgan fingerprint density at radius 2 is 2.19 bits per heavy atom. The molecular formula is C17H14ClN2NaO5. The molecule has 0 amide bonds. The van der Waals surface area contributed by atoms with Gasteiger partial charge in [0.1, 0.15) is 11.9 Å². The first-order chi connectivity index (χ1) is 12.0. The smallest absolute Gasteiger partial charge is 0.550 e. The normalized spacial score (nSPS) is 11.8. The summed E-state index contributed by atoms with van der Waals surface area (Å²) in [6.07, 6.45) is 1.00. The Labute approximate surface area is 175 Å².